The van der Waals surface area contributed by atoms with Crippen LogP contribution in [0.15, 0.2) is 12.2 Å². The minimum Gasteiger partial charge on any atom is -0.347 e. The summed E-state index contributed by atoms with van der Waals surface area (Å²) in [5.74, 6) is 0.0878. The summed E-state index contributed by atoms with van der Waals surface area (Å²) in [4.78, 5) is 25.5. The molecule has 1 saturated heterocycles. The van der Waals surface area contributed by atoms with Crippen LogP contribution in [-0.2, 0) is 9.59 Å². The first-order valence-electron chi connectivity index (χ1n) is 6.68. The Morgan fingerprint density at radius 2 is 2.06 bits per heavy atom. The number of carbonyl (C=O) groups excluding carboxylic acids is 2. The maximum atomic E-state index is 11.9. The normalized spacial score (nSPS) is 23.8. The van der Waals surface area contributed by atoms with Crippen LogP contribution in [0.1, 0.15) is 19.3 Å². The Balaban J connectivity index is 1.71. The number of amides is 2. The quantitative estimate of drug-likeness (QED) is 0.688. The second-order valence-electron chi connectivity index (χ2n) is 4.83. The molecule has 0 aromatic carbocycles. The fourth-order valence-corrected chi connectivity index (χ4v) is 2.36. The standard InChI is InChI=1S/C13H21N3O2/c17-12(16-8-6-14-7-9-16)10-15-13(18)11-4-2-1-3-5-11/h1-2,11,14H,3-10H2,(H,15,18). The van der Waals surface area contributed by atoms with Crippen molar-refractivity contribution in [1.29, 1.82) is 0 Å². The number of allylic oxidation sites excluding steroid dienone is 2. The summed E-state index contributed by atoms with van der Waals surface area (Å²) in [5, 5.41) is 5.96. The van der Waals surface area contributed by atoms with Crippen molar-refractivity contribution in [3.8, 4) is 0 Å². The summed E-state index contributed by atoms with van der Waals surface area (Å²) >= 11 is 0. The summed E-state index contributed by atoms with van der Waals surface area (Å²) < 4.78 is 0. The molecule has 0 aromatic rings. The summed E-state index contributed by atoms with van der Waals surface area (Å²) in [6.45, 7) is 3.29. The molecule has 18 heavy (non-hydrogen) atoms. The van der Waals surface area contributed by atoms with Gasteiger partial charge in [-0.3, -0.25) is 9.59 Å². The van der Waals surface area contributed by atoms with Gasteiger partial charge in [-0.15, -0.1) is 0 Å². The van der Waals surface area contributed by atoms with Crippen molar-refractivity contribution in [2.75, 3.05) is 32.7 Å². The predicted octanol–water partition coefficient (Wildman–Crippen LogP) is -0.109. The van der Waals surface area contributed by atoms with Crippen LogP contribution in [0.25, 0.3) is 0 Å². The molecule has 1 aliphatic heterocycles. The molecule has 1 aliphatic carbocycles. The third-order valence-electron chi connectivity index (χ3n) is 3.52. The number of nitrogens with zero attached hydrogens (tertiary/aromatic N) is 1. The van der Waals surface area contributed by atoms with E-state index in [4.69, 9.17) is 0 Å². The first-order valence-corrected chi connectivity index (χ1v) is 6.68. The maximum Gasteiger partial charge on any atom is 0.242 e. The lowest BCUT2D eigenvalue weighted by Gasteiger charge is -2.27. The maximum absolute atomic E-state index is 11.9. The summed E-state index contributed by atoms with van der Waals surface area (Å²) in [6.07, 6.45) is 6.81. The van der Waals surface area contributed by atoms with Crippen LogP contribution in [0.4, 0.5) is 0 Å². The van der Waals surface area contributed by atoms with Crippen molar-refractivity contribution in [2.24, 2.45) is 5.92 Å². The Hall–Kier alpha value is -1.36. The Bertz CT molecular complexity index is 335. The van der Waals surface area contributed by atoms with Gasteiger partial charge in [-0.05, 0) is 19.3 Å². The van der Waals surface area contributed by atoms with Crippen LogP contribution in [0.5, 0.6) is 0 Å². The van der Waals surface area contributed by atoms with E-state index in [1.165, 1.54) is 0 Å². The SMILES string of the molecule is O=C(NCC(=O)N1CCNCC1)C1CC=CCC1. The van der Waals surface area contributed by atoms with E-state index in [-0.39, 0.29) is 24.3 Å². The topological polar surface area (TPSA) is 61.4 Å². The second-order valence-corrected chi connectivity index (χ2v) is 4.83. The molecule has 0 spiro atoms. The van der Waals surface area contributed by atoms with Crippen LogP contribution < -0.4 is 10.6 Å². The molecule has 0 bridgehead atoms. The smallest absolute Gasteiger partial charge is 0.242 e. The minimum atomic E-state index is 0.0165. The number of carbonyl (C=O) groups is 2. The third-order valence-corrected chi connectivity index (χ3v) is 3.52. The van der Waals surface area contributed by atoms with Crippen molar-refractivity contribution in [3.63, 3.8) is 0 Å². The molecule has 0 aromatic heterocycles. The van der Waals surface area contributed by atoms with E-state index in [0.29, 0.717) is 0 Å². The lowest BCUT2D eigenvalue weighted by Crippen LogP contribution is -2.50. The average molecular weight is 251 g/mol. The molecule has 0 saturated carbocycles. The van der Waals surface area contributed by atoms with E-state index in [1.807, 2.05) is 6.08 Å². The van der Waals surface area contributed by atoms with Gasteiger partial charge in [0.25, 0.3) is 0 Å². The Morgan fingerprint density at radius 3 is 2.72 bits per heavy atom. The summed E-state index contributed by atoms with van der Waals surface area (Å²) in [6, 6.07) is 0. The number of rotatable bonds is 3. The zero-order valence-electron chi connectivity index (χ0n) is 10.7. The van der Waals surface area contributed by atoms with Gasteiger partial charge in [0, 0.05) is 32.1 Å². The lowest BCUT2D eigenvalue weighted by atomic mass is 9.94. The van der Waals surface area contributed by atoms with Crippen molar-refractivity contribution in [2.45, 2.75) is 19.3 Å². The number of piperazine rings is 1. The van der Waals surface area contributed by atoms with Gasteiger partial charge in [0.1, 0.15) is 0 Å². The molecular weight excluding hydrogens is 230 g/mol. The molecule has 2 aliphatic rings. The van der Waals surface area contributed by atoms with Crippen LogP contribution in [0, 0.1) is 5.92 Å². The molecule has 1 unspecified atom stereocenters. The average Bonchev–Trinajstić information content (AvgIpc) is 2.46. The first-order chi connectivity index (χ1) is 8.77. The predicted molar refractivity (Wildman–Crippen MR) is 68.9 cm³/mol. The summed E-state index contributed by atoms with van der Waals surface area (Å²) in [7, 11) is 0. The fraction of sp³-hybridized carbons (Fsp3) is 0.692. The van der Waals surface area contributed by atoms with E-state index < -0.39 is 0 Å². The van der Waals surface area contributed by atoms with E-state index >= 15 is 0 Å². The molecular formula is C13H21N3O2. The molecule has 2 N–H and O–H groups in total. The summed E-state index contributed by atoms with van der Waals surface area (Å²) in [5.41, 5.74) is 0. The van der Waals surface area contributed by atoms with E-state index in [1.54, 1.807) is 4.90 Å². The molecule has 5 heteroatoms. The van der Waals surface area contributed by atoms with Gasteiger partial charge < -0.3 is 15.5 Å². The van der Waals surface area contributed by atoms with Gasteiger partial charge in [-0.1, -0.05) is 12.2 Å². The molecule has 2 amide bonds. The largest absolute Gasteiger partial charge is 0.347 e. The molecule has 2 rings (SSSR count). The zero-order valence-corrected chi connectivity index (χ0v) is 10.7. The molecule has 1 fully saturated rings. The number of nitrogens with one attached hydrogen (secondary N) is 2. The molecule has 5 nitrogen and oxygen atoms in total. The van der Waals surface area contributed by atoms with Crippen molar-refractivity contribution in [1.82, 2.24) is 15.5 Å². The van der Waals surface area contributed by atoms with E-state index in [9.17, 15) is 9.59 Å². The van der Waals surface area contributed by atoms with Crippen LogP contribution in [-0.4, -0.2) is 49.4 Å². The van der Waals surface area contributed by atoms with E-state index in [2.05, 4.69) is 16.7 Å². The molecule has 0 radical (unpaired) electrons. The van der Waals surface area contributed by atoms with Gasteiger partial charge in [0.2, 0.25) is 11.8 Å². The Labute approximate surface area is 108 Å². The van der Waals surface area contributed by atoms with Crippen molar-refractivity contribution < 1.29 is 9.59 Å². The second kappa shape index (κ2) is 6.54. The first kappa shape index (κ1) is 13.1. The molecule has 1 atom stereocenters. The number of hydrogen-bond acceptors (Lipinski definition) is 3. The van der Waals surface area contributed by atoms with Gasteiger partial charge in [0.05, 0.1) is 6.54 Å². The van der Waals surface area contributed by atoms with Crippen LogP contribution in [0.2, 0.25) is 0 Å². The minimum absolute atomic E-state index is 0.0165. The number of hydrogen-bond donors (Lipinski definition) is 2. The van der Waals surface area contributed by atoms with E-state index in [0.717, 1.165) is 45.4 Å². The molecule has 1 heterocycles. The van der Waals surface area contributed by atoms with Crippen LogP contribution >= 0.6 is 0 Å². The van der Waals surface area contributed by atoms with Gasteiger partial charge in [-0.25, -0.2) is 0 Å². The lowest BCUT2D eigenvalue weighted by molar-refractivity contribution is -0.134. The third kappa shape index (κ3) is 3.57. The van der Waals surface area contributed by atoms with Gasteiger partial charge in [0.15, 0.2) is 0 Å². The molecule has 100 valence electrons. The van der Waals surface area contributed by atoms with Gasteiger partial charge in [-0.2, -0.15) is 0 Å². The van der Waals surface area contributed by atoms with Crippen LogP contribution in [0.3, 0.4) is 0 Å². The monoisotopic (exact) mass is 251 g/mol. The van der Waals surface area contributed by atoms with Crippen molar-refractivity contribution in [3.05, 3.63) is 12.2 Å². The Kier molecular flexibility index (Phi) is 4.75. The highest BCUT2D eigenvalue weighted by Crippen LogP contribution is 2.17. The Morgan fingerprint density at radius 1 is 1.28 bits per heavy atom. The highest BCUT2D eigenvalue weighted by atomic mass is 16.2. The fourth-order valence-electron chi connectivity index (χ4n) is 2.36. The highest BCUT2D eigenvalue weighted by Gasteiger charge is 2.21. The van der Waals surface area contributed by atoms with Crippen molar-refractivity contribution >= 4 is 11.8 Å². The van der Waals surface area contributed by atoms with Gasteiger partial charge >= 0.3 is 0 Å². The highest BCUT2D eigenvalue weighted by molar-refractivity contribution is 5.86. The zero-order chi connectivity index (χ0) is 12.8.